The first kappa shape index (κ1) is 13.0. The molecule has 3 nitrogen and oxygen atoms in total. The fraction of sp³-hybridized carbons (Fsp3) is 1.00. The molecule has 1 aliphatic rings. The van der Waals surface area contributed by atoms with Crippen LogP contribution in [0.5, 0.6) is 0 Å². The van der Waals surface area contributed by atoms with Crippen molar-refractivity contribution in [2.45, 2.75) is 40.0 Å². The molecule has 0 saturated carbocycles. The second-order valence-corrected chi connectivity index (χ2v) is 6.78. The lowest BCUT2D eigenvalue weighted by molar-refractivity contribution is 0.213. The Hall–Kier alpha value is -0.0900. The highest BCUT2D eigenvalue weighted by Crippen LogP contribution is 2.27. The summed E-state index contributed by atoms with van der Waals surface area (Å²) in [5, 5.41) is 0. The van der Waals surface area contributed by atoms with Crippen molar-refractivity contribution in [3.05, 3.63) is 0 Å². The number of nitrogens with zero attached hydrogens (tertiary/aromatic N) is 1. The maximum absolute atomic E-state index is 11.6. The fourth-order valence-corrected chi connectivity index (χ4v) is 3.37. The molecule has 0 aromatic heterocycles. The van der Waals surface area contributed by atoms with E-state index in [1.54, 1.807) is 11.2 Å². The molecule has 1 atom stereocenters. The third-order valence-corrected chi connectivity index (χ3v) is 5.59. The second kappa shape index (κ2) is 5.30. The number of hydrogen-bond donors (Lipinski definition) is 0. The zero-order chi connectivity index (χ0) is 11.5. The first-order chi connectivity index (χ1) is 7.01. The van der Waals surface area contributed by atoms with Gasteiger partial charge in [-0.25, -0.2) is 12.7 Å². The van der Waals surface area contributed by atoms with Gasteiger partial charge in [0, 0.05) is 13.1 Å². The van der Waals surface area contributed by atoms with E-state index in [0.29, 0.717) is 0 Å². The van der Waals surface area contributed by atoms with E-state index < -0.39 is 10.0 Å². The van der Waals surface area contributed by atoms with Crippen LogP contribution in [0.1, 0.15) is 40.0 Å². The smallest absolute Gasteiger partial charge is 0.212 e. The van der Waals surface area contributed by atoms with Crippen molar-refractivity contribution in [1.82, 2.24) is 4.31 Å². The molecular weight excluding hydrogens is 210 g/mol. The van der Waals surface area contributed by atoms with Crippen LogP contribution < -0.4 is 0 Å². The zero-order valence-electron chi connectivity index (χ0n) is 10.1. The summed E-state index contributed by atoms with van der Waals surface area (Å²) in [7, 11) is -2.94. The van der Waals surface area contributed by atoms with Gasteiger partial charge < -0.3 is 0 Å². The van der Waals surface area contributed by atoms with Gasteiger partial charge in [-0.2, -0.15) is 0 Å². The number of hydrogen-bond acceptors (Lipinski definition) is 2. The summed E-state index contributed by atoms with van der Waals surface area (Å²) in [6, 6.07) is 0. The van der Waals surface area contributed by atoms with E-state index in [-0.39, 0.29) is 5.75 Å². The minimum atomic E-state index is -2.94. The molecule has 0 aromatic rings. The molecule has 0 radical (unpaired) electrons. The SMILES string of the molecule is CC[C@H](C)C1CCN(S(=O)(=O)CC)CC1. The quantitative estimate of drug-likeness (QED) is 0.745. The Morgan fingerprint density at radius 3 is 2.20 bits per heavy atom. The van der Waals surface area contributed by atoms with Crippen molar-refractivity contribution in [2.24, 2.45) is 11.8 Å². The van der Waals surface area contributed by atoms with Crippen LogP contribution in [0.2, 0.25) is 0 Å². The van der Waals surface area contributed by atoms with Gasteiger partial charge in [-0.05, 0) is 31.6 Å². The van der Waals surface area contributed by atoms with Gasteiger partial charge in [0.15, 0.2) is 0 Å². The number of piperidine rings is 1. The van der Waals surface area contributed by atoms with Gasteiger partial charge in [-0.1, -0.05) is 20.3 Å². The van der Waals surface area contributed by atoms with Crippen LogP contribution in [0.15, 0.2) is 0 Å². The average molecular weight is 233 g/mol. The molecule has 0 unspecified atom stereocenters. The van der Waals surface area contributed by atoms with Crippen molar-refractivity contribution in [3.63, 3.8) is 0 Å². The molecule has 0 N–H and O–H groups in total. The highest BCUT2D eigenvalue weighted by Gasteiger charge is 2.28. The lowest BCUT2D eigenvalue weighted by Crippen LogP contribution is -2.40. The van der Waals surface area contributed by atoms with Crippen LogP contribution in [0.4, 0.5) is 0 Å². The van der Waals surface area contributed by atoms with E-state index in [4.69, 9.17) is 0 Å². The Balaban J connectivity index is 2.49. The Kier molecular flexibility index (Phi) is 4.59. The molecule has 0 spiro atoms. The van der Waals surface area contributed by atoms with Crippen molar-refractivity contribution in [1.29, 1.82) is 0 Å². The standard InChI is InChI=1S/C11H23NO2S/c1-4-10(3)11-6-8-12(9-7-11)15(13,14)5-2/h10-11H,4-9H2,1-3H3/t10-/m0/s1. The normalized spacial score (nSPS) is 22.9. The molecule has 1 aliphatic heterocycles. The molecule has 1 rings (SSSR count). The maximum atomic E-state index is 11.6. The second-order valence-electron chi connectivity index (χ2n) is 4.52. The van der Waals surface area contributed by atoms with Crippen molar-refractivity contribution in [2.75, 3.05) is 18.8 Å². The lowest BCUT2D eigenvalue weighted by atomic mass is 9.85. The summed E-state index contributed by atoms with van der Waals surface area (Å²) in [6.07, 6.45) is 3.27. The number of sulfonamides is 1. The van der Waals surface area contributed by atoms with Crippen molar-refractivity contribution >= 4 is 10.0 Å². The first-order valence-corrected chi connectivity index (χ1v) is 7.60. The third-order valence-electron chi connectivity index (χ3n) is 3.71. The molecular formula is C11H23NO2S. The molecule has 1 heterocycles. The van der Waals surface area contributed by atoms with Crippen LogP contribution >= 0.6 is 0 Å². The van der Waals surface area contributed by atoms with Crippen molar-refractivity contribution < 1.29 is 8.42 Å². The largest absolute Gasteiger partial charge is 0.213 e. The van der Waals surface area contributed by atoms with Gasteiger partial charge in [-0.3, -0.25) is 0 Å². The van der Waals surface area contributed by atoms with Crippen LogP contribution in [0.25, 0.3) is 0 Å². The Labute approximate surface area is 93.9 Å². The Bertz CT molecular complexity index is 279. The molecule has 0 bridgehead atoms. The third kappa shape index (κ3) is 3.18. The zero-order valence-corrected chi connectivity index (χ0v) is 10.9. The summed E-state index contributed by atoms with van der Waals surface area (Å²) in [5.41, 5.74) is 0. The van der Waals surface area contributed by atoms with Gasteiger partial charge in [0.25, 0.3) is 0 Å². The first-order valence-electron chi connectivity index (χ1n) is 5.99. The van der Waals surface area contributed by atoms with Gasteiger partial charge in [0.1, 0.15) is 0 Å². The fourth-order valence-electron chi connectivity index (χ4n) is 2.24. The van der Waals surface area contributed by atoms with E-state index >= 15 is 0 Å². The monoisotopic (exact) mass is 233 g/mol. The highest BCUT2D eigenvalue weighted by molar-refractivity contribution is 7.89. The molecule has 1 fully saturated rings. The van der Waals surface area contributed by atoms with E-state index in [0.717, 1.165) is 37.8 Å². The predicted octanol–water partition coefficient (Wildman–Crippen LogP) is 2.09. The molecule has 1 saturated heterocycles. The minimum absolute atomic E-state index is 0.237. The van der Waals surface area contributed by atoms with Crippen LogP contribution in [0.3, 0.4) is 0 Å². The Morgan fingerprint density at radius 2 is 1.80 bits per heavy atom. The summed E-state index contributed by atoms with van der Waals surface area (Å²) in [6.45, 7) is 7.65. The molecule has 15 heavy (non-hydrogen) atoms. The van der Waals surface area contributed by atoms with Gasteiger partial charge in [0.05, 0.1) is 5.75 Å². The molecule has 0 amide bonds. The van der Waals surface area contributed by atoms with Crippen molar-refractivity contribution in [3.8, 4) is 0 Å². The van der Waals surface area contributed by atoms with Gasteiger partial charge in [-0.15, -0.1) is 0 Å². The topological polar surface area (TPSA) is 37.4 Å². The Morgan fingerprint density at radius 1 is 1.27 bits per heavy atom. The van der Waals surface area contributed by atoms with Crippen LogP contribution in [-0.4, -0.2) is 31.6 Å². The molecule has 90 valence electrons. The minimum Gasteiger partial charge on any atom is -0.212 e. The van der Waals surface area contributed by atoms with E-state index in [1.807, 2.05) is 0 Å². The number of rotatable bonds is 4. The lowest BCUT2D eigenvalue weighted by Gasteiger charge is -2.33. The van der Waals surface area contributed by atoms with E-state index in [2.05, 4.69) is 13.8 Å². The van der Waals surface area contributed by atoms with E-state index in [1.165, 1.54) is 6.42 Å². The summed E-state index contributed by atoms with van der Waals surface area (Å²) in [5.74, 6) is 1.69. The molecule has 0 aliphatic carbocycles. The van der Waals surface area contributed by atoms with Gasteiger partial charge >= 0.3 is 0 Å². The summed E-state index contributed by atoms with van der Waals surface area (Å²) in [4.78, 5) is 0. The summed E-state index contributed by atoms with van der Waals surface area (Å²) >= 11 is 0. The average Bonchev–Trinajstić information content (AvgIpc) is 2.28. The predicted molar refractivity (Wildman–Crippen MR) is 63.2 cm³/mol. The molecule has 0 aromatic carbocycles. The van der Waals surface area contributed by atoms with Crippen LogP contribution in [-0.2, 0) is 10.0 Å². The summed E-state index contributed by atoms with van der Waals surface area (Å²) < 4.78 is 24.9. The highest BCUT2D eigenvalue weighted by atomic mass is 32.2. The molecule has 4 heteroatoms. The van der Waals surface area contributed by atoms with E-state index in [9.17, 15) is 8.42 Å². The van der Waals surface area contributed by atoms with Crippen LogP contribution in [0, 0.1) is 11.8 Å². The maximum Gasteiger partial charge on any atom is 0.213 e. The van der Waals surface area contributed by atoms with Gasteiger partial charge in [0.2, 0.25) is 10.0 Å².